The molecule has 1 unspecified atom stereocenters. The van der Waals surface area contributed by atoms with Crippen molar-refractivity contribution in [1.29, 1.82) is 0 Å². The van der Waals surface area contributed by atoms with Gasteiger partial charge in [-0.1, -0.05) is 55.8 Å². The number of rotatable bonds is 9. The van der Waals surface area contributed by atoms with Crippen LogP contribution in [0, 0.1) is 6.92 Å². The summed E-state index contributed by atoms with van der Waals surface area (Å²) in [4.78, 5) is 0. The van der Waals surface area contributed by atoms with Crippen LogP contribution in [0.25, 0.3) is 0 Å². The zero-order chi connectivity index (χ0) is 26.7. The number of nitrogens with one attached hydrogen (secondary N) is 1. The first kappa shape index (κ1) is 29.5. The molecule has 0 radical (unpaired) electrons. The number of nitrogens with two attached hydrogens (primary N) is 1. The lowest BCUT2D eigenvalue weighted by Crippen LogP contribution is -2.12. The molecule has 0 bridgehead atoms. The molecule has 0 saturated heterocycles. The second kappa shape index (κ2) is 14.7. The van der Waals surface area contributed by atoms with Crippen molar-refractivity contribution in [2.45, 2.75) is 39.2 Å². The van der Waals surface area contributed by atoms with E-state index in [1.54, 1.807) is 27.4 Å². The summed E-state index contributed by atoms with van der Waals surface area (Å²) in [7, 11) is 4.81. The Morgan fingerprint density at radius 2 is 1.81 bits per heavy atom. The van der Waals surface area contributed by atoms with Crippen molar-refractivity contribution in [3.8, 4) is 5.75 Å². The van der Waals surface area contributed by atoms with Gasteiger partial charge in [0.25, 0.3) is 0 Å². The van der Waals surface area contributed by atoms with Crippen molar-refractivity contribution in [2.75, 3.05) is 45.5 Å². The van der Waals surface area contributed by atoms with Crippen molar-refractivity contribution in [3.05, 3.63) is 87.1 Å². The summed E-state index contributed by atoms with van der Waals surface area (Å²) in [6, 6.07) is 10.5. The lowest BCUT2D eigenvalue weighted by molar-refractivity contribution is 0.210. The molecular formula is C29H39BrN2O4. The zero-order valence-corrected chi connectivity index (χ0v) is 23.7. The maximum absolute atomic E-state index is 10.9. The Morgan fingerprint density at radius 1 is 1.11 bits per heavy atom. The maximum Gasteiger partial charge on any atom is 0.144 e. The van der Waals surface area contributed by atoms with E-state index >= 15 is 0 Å². The summed E-state index contributed by atoms with van der Waals surface area (Å²) < 4.78 is 16.4. The van der Waals surface area contributed by atoms with Gasteiger partial charge in [-0.3, -0.25) is 0 Å². The van der Waals surface area contributed by atoms with Gasteiger partial charge in [0.05, 0.1) is 26.5 Å². The first-order valence-corrected chi connectivity index (χ1v) is 12.8. The molecule has 36 heavy (non-hydrogen) atoms. The van der Waals surface area contributed by atoms with Crippen molar-refractivity contribution in [2.24, 2.45) is 0 Å². The van der Waals surface area contributed by atoms with E-state index in [1.165, 1.54) is 11.1 Å². The van der Waals surface area contributed by atoms with E-state index in [9.17, 15) is 5.11 Å². The van der Waals surface area contributed by atoms with Crippen LogP contribution in [0.2, 0.25) is 0 Å². The van der Waals surface area contributed by atoms with Crippen LogP contribution in [0.1, 0.15) is 49.0 Å². The van der Waals surface area contributed by atoms with Crippen molar-refractivity contribution in [1.82, 2.24) is 0 Å². The summed E-state index contributed by atoms with van der Waals surface area (Å²) in [5.41, 5.74) is 11.5. The highest BCUT2D eigenvalue weighted by Crippen LogP contribution is 2.43. The van der Waals surface area contributed by atoms with Gasteiger partial charge in [-0.15, -0.1) is 0 Å². The lowest BCUT2D eigenvalue weighted by atomic mass is 9.99. The standard InChI is InChI=1S/C19H25BrN2O4.C10H14/c1-24-9-8-22-18-15(26-3)11-14(16(20)17(18)21)19(23)12-6-4-5-7-13(10-12)25-2;1-8(2)10-6-4-9(3)5-7-10/h4,6-7,10-11,19,22-23H,5,8-9,21H2,1-3H3;4-8H,1-3H3. The smallest absolute Gasteiger partial charge is 0.144 e. The number of anilines is 2. The van der Waals surface area contributed by atoms with E-state index in [0.717, 1.165) is 6.42 Å². The molecule has 0 aliphatic heterocycles. The molecule has 4 N–H and O–H groups in total. The number of ether oxygens (including phenoxy) is 3. The average molecular weight is 560 g/mol. The van der Waals surface area contributed by atoms with Crippen LogP contribution in [0.5, 0.6) is 5.75 Å². The van der Waals surface area contributed by atoms with Gasteiger partial charge < -0.3 is 30.4 Å². The van der Waals surface area contributed by atoms with Crippen LogP contribution >= 0.6 is 15.9 Å². The molecule has 0 spiro atoms. The minimum Gasteiger partial charge on any atom is -0.497 e. The summed E-state index contributed by atoms with van der Waals surface area (Å²) in [6.45, 7) is 7.66. The molecule has 2 aromatic carbocycles. The largest absolute Gasteiger partial charge is 0.497 e. The minimum atomic E-state index is -0.887. The predicted molar refractivity (Wildman–Crippen MR) is 153 cm³/mol. The van der Waals surface area contributed by atoms with Gasteiger partial charge in [0.15, 0.2) is 0 Å². The molecule has 3 rings (SSSR count). The molecule has 0 heterocycles. The Morgan fingerprint density at radius 3 is 2.39 bits per heavy atom. The van der Waals surface area contributed by atoms with Gasteiger partial charge in [-0.25, -0.2) is 0 Å². The Labute approximate surface area is 224 Å². The molecule has 7 heteroatoms. The van der Waals surface area contributed by atoms with Crippen molar-refractivity contribution < 1.29 is 19.3 Å². The quantitative estimate of drug-likeness (QED) is 0.235. The van der Waals surface area contributed by atoms with Gasteiger partial charge in [-0.2, -0.15) is 0 Å². The number of nitrogen functional groups attached to an aromatic ring is 1. The van der Waals surface area contributed by atoms with Crippen LogP contribution in [0.3, 0.4) is 0 Å². The molecule has 0 fully saturated rings. The summed E-state index contributed by atoms with van der Waals surface area (Å²) in [5, 5.41) is 14.1. The first-order chi connectivity index (χ1) is 17.2. The molecule has 0 saturated carbocycles. The number of benzene rings is 2. The number of halogens is 1. The third kappa shape index (κ3) is 8.15. The fourth-order valence-corrected chi connectivity index (χ4v) is 4.13. The first-order valence-electron chi connectivity index (χ1n) is 12.0. The zero-order valence-electron chi connectivity index (χ0n) is 22.1. The van der Waals surface area contributed by atoms with Crippen LogP contribution in [-0.4, -0.2) is 39.6 Å². The van der Waals surface area contributed by atoms with E-state index in [4.69, 9.17) is 19.9 Å². The monoisotopic (exact) mass is 558 g/mol. The van der Waals surface area contributed by atoms with E-state index < -0.39 is 6.10 Å². The average Bonchev–Trinajstić information content (AvgIpc) is 3.13. The normalized spacial score (nSPS) is 13.7. The highest BCUT2D eigenvalue weighted by atomic mass is 79.9. The predicted octanol–water partition coefficient (Wildman–Crippen LogP) is 6.67. The SMILES string of the molecule is COCCNc1c(OC)cc(C(O)C2=CC(OC)=CCC=C2)c(Br)c1N.Cc1ccc(C(C)C)cc1. The molecule has 2 aromatic rings. The molecule has 1 aliphatic rings. The van der Waals surface area contributed by atoms with Gasteiger partial charge >= 0.3 is 0 Å². The highest BCUT2D eigenvalue weighted by molar-refractivity contribution is 9.10. The lowest BCUT2D eigenvalue weighted by Gasteiger charge is -2.21. The maximum atomic E-state index is 10.9. The molecule has 0 amide bonds. The third-order valence-electron chi connectivity index (χ3n) is 5.78. The Balaban J connectivity index is 0.000000380. The second-order valence-corrected chi connectivity index (χ2v) is 9.54. The number of hydrogen-bond donors (Lipinski definition) is 3. The Bertz CT molecular complexity index is 1080. The fourth-order valence-electron chi connectivity index (χ4n) is 3.60. The number of aliphatic hydroxyl groups is 1. The van der Waals surface area contributed by atoms with E-state index in [0.29, 0.717) is 57.6 Å². The summed E-state index contributed by atoms with van der Waals surface area (Å²) in [5.74, 6) is 1.91. The molecule has 0 aromatic heterocycles. The van der Waals surface area contributed by atoms with Crippen LogP contribution in [-0.2, 0) is 9.47 Å². The van der Waals surface area contributed by atoms with Crippen molar-refractivity contribution in [3.63, 3.8) is 0 Å². The minimum absolute atomic E-state index is 0.468. The number of hydrogen-bond acceptors (Lipinski definition) is 6. The number of aliphatic hydroxyl groups excluding tert-OH is 1. The van der Waals surface area contributed by atoms with Gasteiger partial charge in [-0.05, 0) is 64.5 Å². The summed E-state index contributed by atoms with van der Waals surface area (Å²) >= 11 is 3.51. The van der Waals surface area contributed by atoms with Crippen molar-refractivity contribution >= 4 is 27.3 Å². The molecule has 1 aliphatic carbocycles. The number of aryl methyl sites for hydroxylation is 1. The number of methoxy groups -OCH3 is 3. The topological polar surface area (TPSA) is 86.0 Å². The van der Waals surface area contributed by atoms with Crippen LogP contribution in [0.15, 0.2) is 70.4 Å². The Hall–Kier alpha value is -2.74. The second-order valence-electron chi connectivity index (χ2n) is 8.75. The van der Waals surface area contributed by atoms with Gasteiger partial charge in [0.2, 0.25) is 0 Å². The molecular weight excluding hydrogens is 520 g/mol. The Kier molecular flexibility index (Phi) is 12.1. The van der Waals surface area contributed by atoms with E-state index in [1.807, 2.05) is 24.3 Å². The summed E-state index contributed by atoms with van der Waals surface area (Å²) in [6.07, 6.45) is 7.46. The molecule has 6 nitrogen and oxygen atoms in total. The van der Waals surface area contributed by atoms with E-state index in [-0.39, 0.29) is 0 Å². The van der Waals surface area contributed by atoms with Gasteiger partial charge in [0.1, 0.15) is 23.3 Å². The van der Waals surface area contributed by atoms with Crippen LogP contribution < -0.4 is 15.8 Å². The molecule has 1 atom stereocenters. The number of allylic oxidation sites excluding steroid dienone is 3. The van der Waals surface area contributed by atoms with E-state index in [2.05, 4.69) is 66.3 Å². The van der Waals surface area contributed by atoms with Crippen LogP contribution in [0.4, 0.5) is 11.4 Å². The molecule has 196 valence electrons. The third-order valence-corrected chi connectivity index (χ3v) is 6.67. The highest BCUT2D eigenvalue weighted by Gasteiger charge is 2.22. The fraction of sp³-hybridized carbons (Fsp3) is 0.379. The van der Waals surface area contributed by atoms with Gasteiger partial charge in [0, 0.05) is 23.7 Å².